The summed E-state index contributed by atoms with van der Waals surface area (Å²) in [5, 5.41) is 12.9. The lowest BCUT2D eigenvalue weighted by Crippen LogP contribution is -2.13. The van der Waals surface area contributed by atoms with Crippen molar-refractivity contribution in [2.24, 2.45) is 0 Å². The summed E-state index contributed by atoms with van der Waals surface area (Å²) in [6.07, 6.45) is 0. The summed E-state index contributed by atoms with van der Waals surface area (Å²) in [5.74, 6) is -2.38. The normalized spacial score (nSPS) is 10.2. The standard InChI is InChI=1S/C13H7BrF2N2O3/c14-9-3-2-8(15)6-11(9)17-13(19)7-1-4-12(18(20)21)10(16)5-7/h1-6H,(H,17,19). The van der Waals surface area contributed by atoms with Gasteiger partial charge in [-0.05, 0) is 46.3 Å². The van der Waals surface area contributed by atoms with Crippen molar-refractivity contribution in [3.8, 4) is 0 Å². The van der Waals surface area contributed by atoms with E-state index in [1.54, 1.807) is 0 Å². The molecular weight excluding hydrogens is 350 g/mol. The van der Waals surface area contributed by atoms with Gasteiger partial charge in [-0.1, -0.05) is 0 Å². The third-order valence-corrected chi connectivity index (χ3v) is 3.27. The van der Waals surface area contributed by atoms with Crippen LogP contribution in [0.1, 0.15) is 10.4 Å². The SMILES string of the molecule is O=C(Nc1cc(F)ccc1Br)c1ccc([N+](=O)[O-])c(F)c1. The van der Waals surface area contributed by atoms with E-state index in [-0.39, 0.29) is 11.3 Å². The first-order valence-electron chi connectivity index (χ1n) is 5.59. The molecule has 0 radical (unpaired) electrons. The number of benzene rings is 2. The quantitative estimate of drug-likeness (QED) is 0.669. The molecule has 0 fully saturated rings. The average molecular weight is 357 g/mol. The Kier molecular flexibility index (Phi) is 4.27. The van der Waals surface area contributed by atoms with E-state index in [4.69, 9.17) is 0 Å². The van der Waals surface area contributed by atoms with Gasteiger partial charge in [0, 0.05) is 16.1 Å². The monoisotopic (exact) mass is 356 g/mol. The van der Waals surface area contributed by atoms with Gasteiger partial charge >= 0.3 is 5.69 Å². The molecule has 0 bridgehead atoms. The van der Waals surface area contributed by atoms with Gasteiger partial charge in [0.25, 0.3) is 5.91 Å². The van der Waals surface area contributed by atoms with Crippen molar-refractivity contribution in [2.45, 2.75) is 0 Å². The van der Waals surface area contributed by atoms with Crippen LogP contribution < -0.4 is 5.32 Å². The summed E-state index contributed by atoms with van der Waals surface area (Å²) in [4.78, 5) is 21.5. The molecule has 0 aromatic heterocycles. The number of nitrogens with one attached hydrogen (secondary N) is 1. The highest BCUT2D eigenvalue weighted by Gasteiger charge is 2.17. The topological polar surface area (TPSA) is 72.2 Å². The molecule has 108 valence electrons. The van der Waals surface area contributed by atoms with Crippen LogP contribution in [0.2, 0.25) is 0 Å². The lowest BCUT2D eigenvalue weighted by atomic mass is 10.2. The van der Waals surface area contributed by atoms with E-state index in [1.807, 2.05) is 0 Å². The Morgan fingerprint density at radius 3 is 2.52 bits per heavy atom. The van der Waals surface area contributed by atoms with E-state index in [0.29, 0.717) is 4.47 Å². The van der Waals surface area contributed by atoms with Crippen molar-refractivity contribution in [1.82, 2.24) is 0 Å². The number of nitrogens with zero attached hydrogens (tertiary/aromatic N) is 1. The maximum absolute atomic E-state index is 13.5. The van der Waals surface area contributed by atoms with Crippen LogP contribution in [0.25, 0.3) is 0 Å². The highest BCUT2D eigenvalue weighted by molar-refractivity contribution is 9.10. The zero-order chi connectivity index (χ0) is 15.6. The molecule has 5 nitrogen and oxygen atoms in total. The van der Waals surface area contributed by atoms with E-state index in [1.165, 1.54) is 12.1 Å². The number of hydrogen-bond acceptors (Lipinski definition) is 3. The van der Waals surface area contributed by atoms with Crippen molar-refractivity contribution in [3.63, 3.8) is 0 Å². The van der Waals surface area contributed by atoms with Gasteiger partial charge in [0.2, 0.25) is 5.82 Å². The zero-order valence-corrected chi connectivity index (χ0v) is 11.9. The summed E-state index contributed by atoms with van der Waals surface area (Å²) >= 11 is 3.13. The van der Waals surface area contributed by atoms with Crippen LogP contribution in [0.4, 0.5) is 20.2 Å². The Balaban J connectivity index is 2.26. The first-order valence-corrected chi connectivity index (χ1v) is 6.38. The number of rotatable bonds is 3. The molecule has 0 unspecified atom stereocenters. The van der Waals surface area contributed by atoms with Gasteiger partial charge in [0.05, 0.1) is 10.6 Å². The second-order valence-corrected chi connectivity index (χ2v) is 4.86. The number of nitro benzene ring substituents is 1. The number of carbonyl (C=O) groups excluding carboxylic acids is 1. The number of hydrogen-bond donors (Lipinski definition) is 1. The molecule has 0 aliphatic rings. The van der Waals surface area contributed by atoms with E-state index < -0.39 is 28.2 Å². The molecule has 2 aromatic carbocycles. The van der Waals surface area contributed by atoms with E-state index in [0.717, 1.165) is 24.3 Å². The Bertz CT molecular complexity index is 737. The van der Waals surface area contributed by atoms with Gasteiger partial charge in [-0.25, -0.2) is 4.39 Å². The summed E-state index contributed by atoms with van der Waals surface area (Å²) in [6, 6.07) is 6.45. The second-order valence-electron chi connectivity index (χ2n) is 4.00. The number of amides is 1. The molecule has 21 heavy (non-hydrogen) atoms. The van der Waals surface area contributed by atoms with Crippen LogP contribution in [0.5, 0.6) is 0 Å². The summed E-state index contributed by atoms with van der Waals surface area (Å²) in [6.45, 7) is 0. The predicted octanol–water partition coefficient (Wildman–Crippen LogP) is 3.89. The molecule has 1 N–H and O–H groups in total. The molecule has 0 aliphatic carbocycles. The van der Waals surface area contributed by atoms with E-state index >= 15 is 0 Å². The first-order chi connectivity index (χ1) is 9.88. The number of anilines is 1. The van der Waals surface area contributed by atoms with Crippen molar-refractivity contribution >= 4 is 33.2 Å². The Morgan fingerprint density at radius 2 is 1.90 bits per heavy atom. The highest BCUT2D eigenvalue weighted by Crippen LogP contribution is 2.24. The molecule has 0 aliphatic heterocycles. The minimum absolute atomic E-state index is 0.116. The molecule has 2 rings (SSSR count). The molecule has 0 atom stereocenters. The lowest BCUT2D eigenvalue weighted by Gasteiger charge is -2.07. The number of nitro groups is 1. The maximum atomic E-state index is 13.5. The molecule has 8 heteroatoms. The Morgan fingerprint density at radius 1 is 1.19 bits per heavy atom. The molecule has 1 amide bonds. The largest absolute Gasteiger partial charge is 0.321 e. The average Bonchev–Trinajstić information content (AvgIpc) is 2.42. The van der Waals surface area contributed by atoms with Gasteiger partial charge in [0.1, 0.15) is 5.82 Å². The lowest BCUT2D eigenvalue weighted by molar-refractivity contribution is -0.387. The molecule has 2 aromatic rings. The van der Waals surface area contributed by atoms with Gasteiger partial charge < -0.3 is 5.32 Å². The minimum atomic E-state index is -1.12. The van der Waals surface area contributed by atoms with Crippen LogP contribution in [0.15, 0.2) is 40.9 Å². The zero-order valence-electron chi connectivity index (χ0n) is 10.3. The van der Waals surface area contributed by atoms with Crippen LogP contribution >= 0.6 is 15.9 Å². The first kappa shape index (κ1) is 15.0. The molecule has 0 spiro atoms. The fourth-order valence-corrected chi connectivity index (χ4v) is 1.93. The fraction of sp³-hybridized carbons (Fsp3) is 0. The van der Waals surface area contributed by atoms with Crippen molar-refractivity contribution in [3.05, 3.63) is 68.2 Å². The fourth-order valence-electron chi connectivity index (χ4n) is 1.58. The summed E-state index contributed by atoms with van der Waals surface area (Å²) < 4.78 is 27.0. The Labute approximate surface area is 125 Å². The van der Waals surface area contributed by atoms with Crippen LogP contribution in [0, 0.1) is 21.7 Å². The summed E-state index contributed by atoms with van der Waals surface area (Å²) in [7, 11) is 0. The van der Waals surface area contributed by atoms with Gasteiger partial charge in [-0.2, -0.15) is 4.39 Å². The highest BCUT2D eigenvalue weighted by atomic mass is 79.9. The van der Waals surface area contributed by atoms with Crippen LogP contribution in [0.3, 0.4) is 0 Å². The van der Waals surface area contributed by atoms with Gasteiger partial charge in [-0.15, -0.1) is 0 Å². The van der Waals surface area contributed by atoms with Gasteiger partial charge in [0.15, 0.2) is 0 Å². The molecule has 0 heterocycles. The van der Waals surface area contributed by atoms with Crippen LogP contribution in [-0.4, -0.2) is 10.8 Å². The maximum Gasteiger partial charge on any atom is 0.304 e. The smallest absolute Gasteiger partial charge is 0.304 e. The summed E-state index contributed by atoms with van der Waals surface area (Å²) in [5.41, 5.74) is -0.675. The number of carbonyl (C=O) groups is 1. The van der Waals surface area contributed by atoms with Gasteiger partial charge in [-0.3, -0.25) is 14.9 Å². The predicted molar refractivity (Wildman–Crippen MR) is 75.1 cm³/mol. The third kappa shape index (κ3) is 3.40. The van der Waals surface area contributed by atoms with E-state index in [9.17, 15) is 23.7 Å². The molecule has 0 saturated heterocycles. The van der Waals surface area contributed by atoms with Crippen LogP contribution in [-0.2, 0) is 0 Å². The minimum Gasteiger partial charge on any atom is -0.321 e. The van der Waals surface area contributed by atoms with Crippen molar-refractivity contribution in [1.29, 1.82) is 0 Å². The number of halogens is 3. The Hall–Kier alpha value is -2.35. The van der Waals surface area contributed by atoms with E-state index in [2.05, 4.69) is 21.2 Å². The molecule has 0 saturated carbocycles. The second kappa shape index (κ2) is 5.96. The van der Waals surface area contributed by atoms with Crippen molar-refractivity contribution in [2.75, 3.05) is 5.32 Å². The third-order valence-electron chi connectivity index (χ3n) is 2.58. The van der Waals surface area contributed by atoms with Crippen molar-refractivity contribution < 1.29 is 18.5 Å². The molecular formula is C13H7BrF2N2O3.